The predicted octanol–water partition coefficient (Wildman–Crippen LogP) is 1.77. The minimum absolute atomic E-state index is 0.0264. The summed E-state index contributed by atoms with van der Waals surface area (Å²) in [5, 5.41) is 24.8. The zero-order chi connectivity index (χ0) is 14.5. The number of nitro benzene ring substituents is 2. The summed E-state index contributed by atoms with van der Waals surface area (Å²) in [6.07, 6.45) is 1.94. The molecule has 1 saturated heterocycles. The Labute approximate surface area is 115 Å². The number of benzene rings is 1. The Morgan fingerprint density at radius 2 is 2.10 bits per heavy atom. The fraction of sp³-hybridized carbons (Fsp3) is 0.500. The van der Waals surface area contributed by atoms with E-state index in [1.807, 2.05) is 0 Å². The van der Waals surface area contributed by atoms with E-state index in [2.05, 4.69) is 5.32 Å². The molecule has 8 nitrogen and oxygen atoms in total. The van der Waals surface area contributed by atoms with Crippen LogP contribution in [0.1, 0.15) is 18.4 Å². The van der Waals surface area contributed by atoms with E-state index in [0.29, 0.717) is 5.56 Å². The molecule has 1 unspecified atom stereocenters. The van der Waals surface area contributed by atoms with E-state index in [-0.39, 0.29) is 24.1 Å². The van der Waals surface area contributed by atoms with Crippen LogP contribution in [0.3, 0.4) is 0 Å². The van der Waals surface area contributed by atoms with Crippen molar-refractivity contribution in [2.24, 2.45) is 0 Å². The molecular formula is C12H15N3O5. The average Bonchev–Trinajstić information content (AvgIpc) is 2.45. The van der Waals surface area contributed by atoms with Gasteiger partial charge >= 0.3 is 0 Å². The molecule has 2 rings (SSSR count). The highest BCUT2D eigenvalue weighted by Crippen LogP contribution is 2.25. The molecule has 0 saturated carbocycles. The zero-order valence-electron chi connectivity index (χ0n) is 10.8. The Kier molecular flexibility index (Phi) is 4.59. The van der Waals surface area contributed by atoms with Gasteiger partial charge in [0.05, 0.1) is 34.2 Å². The minimum atomic E-state index is -0.650. The molecule has 1 heterocycles. The third-order valence-corrected chi connectivity index (χ3v) is 3.20. The van der Waals surface area contributed by atoms with Gasteiger partial charge in [0.25, 0.3) is 11.4 Å². The van der Waals surface area contributed by atoms with Crippen LogP contribution in [0.25, 0.3) is 0 Å². The minimum Gasteiger partial charge on any atom is -0.372 e. The molecule has 1 aliphatic heterocycles. The number of ether oxygens (including phenoxy) is 1. The van der Waals surface area contributed by atoms with Crippen molar-refractivity contribution in [3.63, 3.8) is 0 Å². The number of piperidine rings is 1. The van der Waals surface area contributed by atoms with Gasteiger partial charge < -0.3 is 10.1 Å². The lowest BCUT2D eigenvalue weighted by molar-refractivity contribution is -0.394. The van der Waals surface area contributed by atoms with Crippen LogP contribution in [0.4, 0.5) is 11.4 Å². The van der Waals surface area contributed by atoms with Crippen LogP contribution in [-0.4, -0.2) is 29.0 Å². The molecule has 0 bridgehead atoms. The van der Waals surface area contributed by atoms with Crippen LogP contribution >= 0.6 is 0 Å². The highest BCUT2D eigenvalue weighted by molar-refractivity contribution is 5.48. The van der Waals surface area contributed by atoms with E-state index in [1.54, 1.807) is 0 Å². The van der Waals surface area contributed by atoms with Gasteiger partial charge in [-0.25, -0.2) is 0 Å². The van der Waals surface area contributed by atoms with Crippen LogP contribution in [0, 0.1) is 20.2 Å². The molecule has 0 spiro atoms. The predicted molar refractivity (Wildman–Crippen MR) is 70.4 cm³/mol. The summed E-state index contributed by atoms with van der Waals surface area (Å²) < 4.78 is 5.62. The standard InChI is InChI=1S/C12H15N3O5/c16-14(17)10-4-3-9(12(6-10)15(18)19)8-20-11-2-1-5-13-7-11/h3-4,6,11,13H,1-2,5,7-8H2. The second-order valence-corrected chi connectivity index (χ2v) is 4.61. The molecule has 1 aromatic carbocycles. The molecule has 8 heteroatoms. The van der Waals surface area contributed by atoms with Crippen molar-refractivity contribution in [2.75, 3.05) is 13.1 Å². The Hall–Kier alpha value is -2.06. The second kappa shape index (κ2) is 6.40. The fourth-order valence-corrected chi connectivity index (χ4v) is 2.13. The van der Waals surface area contributed by atoms with Gasteiger partial charge in [-0.15, -0.1) is 0 Å². The number of nitro groups is 2. The Bertz CT molecular complexity index is 514. The number of hydrogen-bond acceptors (Lipinski definition) is 6. The SMILES string of the molecule is O=[N+]([O-])c1ccc(COC2CCCNC2)c([N+](=O)[O-])c1. The summed E-state index contributed by atoms with van der Waals surface area (Å²) in [5.41, 5.74) is -0.214. The van der Waals surface area contributed by atoms with Crippen molar-refractivity contribution in [3.05, 3.63) is 44.0 Å². The molecule has 1 atom stereocenters. The van der Waals surface area contributed by atoms with Gasteiger partial charge in [-0.2, -0.15) is 0 Å². The first kappa shape index (κ1) is 14.4. The lowest BCUT2D eigenvalue weighted by atomic mass is 10.1. The Morgan fingerprint density at radius 3 is 2.70 bits per heavy atom. The van der Waals surface area contributed by atoms with Crippen molar-refractivity contribution < 1.29 is 14.6 Å². The second-order valence-electron chi connectivity index (χ2n) is 4.61. The maximum Gasteiger partial charge on any atom is 0.281 e. The quantitative estimate of drug-likeness (QED) is 0.651. The van der Waals surface area contributed by atoms with Crippen molar-refractivity contribution >= 4 is 11.4 Å². The van der Waals surface area contributed by atoms with Gasteiger partial charge in [0, 0.05) is 12.6 Å². The molecule has 108 valence electrons. The molecule has 1 N–H and O–H groups in total. The maximum atomic E-state index is 11.0. The first-order valence-electron chi connectivity index (χ1n) is 6.32. The summed E-state index contributed by atoms with van der Waals surface area (Å²) in [7, 11) is 0. The Morgan fingerprint density at radius 1 is 1.30 bits per heavy atom. The van der Waals surface area contributed by atoms with Gasteiger partial charge in [-0.05, 0) is 25.5 Å². The van der Waals surface area contributed by atoms with Gasteiger partial charge in [0.15, 0.2) is 0 Å². The monoisotopic (exact) mass is 281 g/mol. The van der Waals surface area contributed by atoms with Gasteiger partial charge in [0.1, 0.15) is 0 Å². The van der Waals surface area contributed by atoms with Crippen molar-refractivity contribution in [3.8, 4) is 0 Å². The van der Waals surface area contributed by atoms with E-state index >= 15 is 0 Å². The largest absolute Gasteiger partial charge is 0.372 e. The van der Waals surface area contributed by atoms with E-state index in [0.717, 1.165) is 32.0 Å². The number of nitrogens with one attached hydrogen (secondary N) is 1. The molecule has 0 radical (unpaired) electrons. The maximum absolute atomic E-state index is 11.0. The van der Waals surface area contributed by atoms with Gasteiger partial charge in [-0.1, -0.05) is 0 Å². The van der Waals surface area contributed by atoms with E-state index in [9.17, 15) is 20.2 Å². The normalized spacial score (nSPS) is 18.7. The summed E-state index contributed by atoms with van der Waals surface area (Å²) in [6.45, 7) is 1.76. The molecule has 1 aliphatic rings. The number of rotatable bonds is 5. The first-order chi connectivity index (χ1) is 9.58. The fourth-order valence-electron chi connectivity index (χ4n) is 2.13. The Balaban J connectivity index is 2.09. The summed E-state index contributed by atoms with van der Waals surface area (Å²) in [4.78, 5) is 20.3. The third kappa shape index (κ3) is 3.49. The topological polar surface area (TPSA) is 108 Å². The van der Waals surface area contributed by atoms with Crippen LogP contribution in [0.5, 0.6) is 0 Å². The molecule has 0 amide bonds. The molecule has 0 aliphatic carbocycles. The number of non-ortho nitro benzene ring substituents is 1. The van der Waals surface area contributed by atoms with Crippen molar-refractivity contribution in [2.45, 2.75) is 25.6 Å². The number of nitrogens with zero attached hydrogens (tertiary/aromatic N) is 2. The first-order valence-corrected chi connectivity index (χ1v) is 6.32. The number of hydrogen-bond donors (Lipinski definition) is 1. The van der Waals surface area contributed by atoms with Crippen molar-refractivity contribution in [1.82, 2.24) is 5.32 Å². The lowest BCUT2D eigenvalue weighted by Crippen LogP contribution is -2.35. The van der Waals surface area contributed by atoms with Crippen LogP contribution < -0.4 is 5.32 Å². The highest BCUT2D eigenvalue weighted by atomic mass is 16.6. The van der Waals surface area contributed by atoms with E-state index in [1.165, 1.54) is 12.1 Å². The summed E-state index contributed by atoms with van der Waals surface area (Å²) >= 11 is 0. The molecule has 1 aromatic rings. The van der Waals surface area contributed by atoms with Crippen LogP contribution in [-0.2, 0) is 11.3 Å². The van der Waals surface area contributed by atoms with E-state index in [4.69, 9.17) is 4.74 Å². The highest BCUT2D eigenvalue weighted by Gasteiger charge is 2.21. The smallest absolute Gasteiger partial charge is 0.281 e. The summed E-state index contributed by atoms with van der Waals surface area (Å²) in [5.74, 6) is 0. The zero-order valence-corrected chi connectivity index (χ0v) is 10.8. The summed E-state index contributed by atoms with van der Waals surface area (Å²) in [6, 6.07) is 3.61. The van der Waals surface area contributed by atoms with E-state index < -0.39 is 9.85 Å². The molecule has 20 heavy (non-hydrogen) atoms. The third-order valence-electron chi connectivity index (χ3n) is 3.20. The van der Waals surface area contributed by atoms with Crippen molar-refractivity contribution in [1.29, 1.82) is 0 Å². The lowest BCUT2D eigenvalue weighted by Gasteiger charge is -2.22. The molecular weight excluding hydrogens is 266 g/mol. The molecule has 0 aromatic heterocycles. The average molecular weight is 281 g/mol. The van der Waals surface area contributed by atoms with Crippen LogP contribution in [0.2, 0.25) is 0 Å². The van der Waals surface area contributed by atoms with Gasteiger partial charge in [-0.3, -0.25) is 20.2 Å². The van der Waals surface area contributed by atoms with Crippen LogP contribution in [0.15, 0.2) is 18.2 Å². The molecule has 1 fully saturated rings. The van der Waals surface area contributed by atoms with Gasteiger partial charge in [0.2, 0.25) is 0 Å².